The van der Waals surface area contributed by atoms with Crippen LogP contribution in [0.2, 0.25) is 0 Å². The van der Waals surface area contributed by atoms with E-state index in [0.717, 1.165) is 41.0 Å². The maximum Gasteiger partial charge on any atom is 0.303 e. The molecule has 1 atom stereocenters. The molecule has 1 saturated heterocycles. The number of nitrogens with zero attached hydrogens (tertiary/aromatic N) is 2. The summed E-state index contributed by atoms with van der Waals surface area (Å²) in [6, 6.07) is 7.59. The average Bonchev–Trinajstić information content (AvgIpc) is 3.15. The van der Waals surface area contributed by atoms with E-state index in [1.54, 1.807) is 6.20 Å². The van der Waals surface area contributed by atoms with Gasteiger partial charge in [0.2, 0.25) is 5.95 Å². The Kier molecular flexibility index (Phi) is 8.27. The predicted octanol–water partition coefficient (Wildman–Crippen LogP) is 4.01. The molecule has 1 fully saturated rings. The van der Waals surface area contributed by atoms with E-state index < -0.39 is 5.97 Å². The first-order valence-corrected chi connectivity index (χ1v) is 9.35. The Morgan fingerprint density at radius 2 is 2.11 bits per heavy atom. The predicted molar refractivity (Wildman–Crippen MR) is 110 cm³/mol. The van der Waals surface area contributed by atoms with Crippen LogP contribution in [-0.2, 0) is 16.0 Å². The second kappa shape index (κ2) is 10.4. The molecule has 1 aliphatic heterocycles. The zero-order valence-corrected chi connectivity index (χ0v) is 17.1. The largest absolute Gasteiger partial charge is 0.481 e. The summed E-state index contributed by atoms with van der Waals surface area (Å²) in [6.45, 7) is 1.54. The smallest absolute Gasteiger partial charge is 0.303 e. The summed E-state index contributed by atoms with van der Waals surface area (Å²) in [5, 5.41) is 15.2. The molecule has 2 aromatic rings. The molecule has 0 amide bonds. The highest BCUT2D eigenvalue weighted by molar-refractivity contribution is 9.10. The van der Waals surface area contributed by atoms with Gasteiger partial charge in [0, 0.05) is 31.5 Å². The van der Waals surface area contributed by atoms with Crippen molar-refractivity contribution in [2.75, 3.05) is 23.8 Å². The quantitative estimate of drug-likeness (QED) is 0.551. The molecule has 0 aliphatic carbocycles. The number of carboxylic acid groups (broad SMARTS) is 1. The molecule has 1 aromatic heterocycles. The van der Waals surface area contributed by atoms with Crippen molar-refractivity contribution in [3.05, 3.63) is 40.5 Å². The fraction of sp³-hybridized carbons (Fsp3) is 0.389. The third kappa shape index (κ3) is 6.64. The van der Waals surface area contributed by atoms with Gasteiger partial charge in [-0.1, -0.05) is 12.1 Å². The van der Waals surface area contributed by atoms with Gasteiger partial charge in [-0.2, -0.15) is 4.98 Å². The van der Waals surface area contributed by atoms with Gasteiger partial charge in [-0.25, -0.2) is 4.98 Å². The Bertz CT molecular complexity index is 755. The van der Waals surface area contributed by atoms with Crippen LogP contribution in [0.25, 0.3) is 0 Å². The zero-order chi connectivity index (χ0) is 18.4. The van der Waals surface area contributed by atoms with E-state index >= 15 is 0 Å². The molecule has 2 heterocycles. The third-order valence-electron chi connectivity index (χ3n) is 4.10. The minimum atomic E-state index is -0.793. The monoisotopic (exact) mass is 456 g/mol. The highest BCUT2D eigenvalue weighted by Gasteiger charge is 2.16. The van der Waals surface area contributed by atoms with E-state index in [4.69, 9.17) is 9.84 Å². The van der Waals surface area contributed by atoms with Crippen LogP contribution >= 0.6 is 28.3 Å². The van der Waals surface area contributed by atoms with Crippen molar-refractivity contribution in [3.63, 3.8) is 0 Å². The van der Waals surface area contributed by atoms with E-state index in [2.05, 4.69) is 36.5 Å². The summed E-state index contributed by atoms with van der Waals surface area (Å²) in [5.41, 5.74) is 1.82. The number of aromatic nitrogens is 2. The van der Waals surface area contributed by atoms with Crippen molar-refractivity contribution in [1.82, 2.24) is 9.97 Å². The second-order valence-corrected chi connectivity index (χ2v) is 6.98. The molecule has 3 rings (SSSR count). The Morgan fingerprint density at radius 3 is 2.78 bits per heavy atom. The number of rotatable bonds is 8. The van der Waals surface area contributed by atoms with Gasteiger partial charge in [0.1, 0.15) is 5.82 Å². The fourth-order valence-electron chi connectivity index (χ4n) is 2.70. The Balaban J connectivity index is 0.00000261. The van der Waals surface area contributed by atoms with Crippen LogP contribution in [0.4, 0.5) is 17.5 Å². The van der Waals surface area contributed by atoms with E-state index in [1.807, 2.05) is 24.3 Å². The first kappa shape index (κ1) is 21.4. The van der Waals surface area contributed by atoms with Crippen LogP contribution in [0.1, 0.15) is 24.8 Å². The summed E-state index contributed by atoms with van der Waals surface area (Å²) < 4.78 is 6.41. The minimum absolute atomic E-state index is 0. The lowest BCUT2D eigenvalue weighted by atomic mass is 10.1. The summed E-state index contributed by atoms with van der Waals surface area (Å²) in [7, 11) is 0. The molecule has 146 valence electrons. The van der Waals surface area contributed by atoms with Crippen molar-refractivity contribution < 1.29 is 14.6 Å². The molecule has 3 N–H and O–H groups in total. The number of aliphatic carboxylic acids is 1. The summed E-state index contributed by atoms with van der Waals surface area (Å²) in [6.07, 6.45) is 4.74. The van der Waals surface area contributed by atoms with Crippen LogP contribution < -0.4 is 10.6 Å². The SMILES string of the molecule is Cl.O=C(O)CCc1ccc(Nc2ncc(Br)c(NCC3CCCO3)n2)cc1. The van der Waals surface area contributed by atoms with E-state index in [-0.39, 0.29) is 24.9 Å². The molecular formula is C18H22BrClN4O3. The highest BCUT2D eigenvalue weighted by Crippen LogP contribution is 2.23. The summed E-state index contributed by atoms with van der Waals surface area (Å²) >= 11 is 3.46. The highest BCUT2D eigenvalue weighted by atomic mass is 79.9. The number of aryl methyl sites for hydroxylation is 1. The maximum absolute atomic E-state index is 10.6. The number of hydrogen-bond donors (Lipinski definition) is 3. The first-order valence-electron chi connectivity index (χ1n) is 8.56. The van der Waals surface area contributed by atoms with Crippen molar-refractivity contribution in [1.29, 1.82) is 0 Å². The second-order valence-electron chi connectivity index (χ2n) is 6.12. The van der Waals surface area contributed by atoms with Crippen molar-refractivity contribution in [3.8, 4) is 0 Å². The number of benzene rings is 1. The number of carbonyl (C=O) groups is 1. The maximum atomic E-state index is 10.6. The number of anilines is 3. The Morgan fingerprint density at radius 1 is 1.33 bits per heavy atom. The van der Waals surface area contributed by atoms with E-state index in [9.17, 15) is 4.79 Å². The fourth-order valence-corrected chi connectivity index (χ4v) is 3.03. The van der Waals surface area contributed by atoms with Gasteiger partial charge >= 0.3 is 5.97 Å². The molecule has 1 aromatic carbocycles. The number of halogens is 2. The third-order valence-corrected chi connectivity index (χ3v) is 4.68. The molecular weight excluding hydrogens is 436 g/mol. The Labute approximate surface area is 172 Å². The molecule has 9 heteroatoms. The van der Waals surface area contributed by atoms with Crippen molar-refractivity contribution >= 4 is 51.8 Å². The molecule has 1 aliphatic rings. The van der Waals surface area contributed by atoms with E-state index in [1.165, 1.54) is 0 Å². The van der Waals surface area contributed by atoms with Gasteiger partial charge in [-0.3, -0.25) is 4.79 Å². The average molecular weight is 458 g/mol. The molecule has 7 nitrogen and oxygen atoms in total. The molecule has 0 bridgehead atoms. The number of ether oxygens (including phenoxy) is 1. The topological polar surface area (TPSA) is 96.4 Å². The standard InChI is InChI=1S/C18H21BrN4O3.ClH/c19-15-11-21-18(23-17(15)20-10-14-2-1-9-26-14)22-13-6-3-12(4-7-13)5-8-16(24)25;/h3-4,6-7,11,14H,1-2,5,8-10H2,(H,24,25)(H2,20,21,22,23);1H. The zero-order valence-electron chi connectivity index (χ0n) is 14.7. The molecule has 0 saturated carbocycles. The van der Waals surface area contributed by atoms with Crippen molar-refractivity contribution in [2.24, 2.45) is 0 Å². The van der Waals surface area contributed by atoms with Gasteiger partial charge in [-0.05, 0) is 52.9 Å². The normalized spacial score (nSPS) is 15.8. The lowest BCUT2D eigenvalue weighted by Gasteiger charge is -2.13. The number of nitrogens with one attached hydrogen (secondary N) is 2. The molecule has 0 radical (unpaired) electrons. The first-order chi connectivity index (χ1) is 12.6. The lowest BCUT2D eigenvalue weighted by molar-refractivity contribution is -0.136. The van der Waals surface area contributed by atoms with Crippen LogP contribution in [0.3, 0.4) is 0 Å². The Hall–Kier alpha value is -1.90. The molecule has 0 spiro atoms. The lowest BCUT2D eigenvalue weighted by Crippen LogP contribution is -2.19. The van der Waals surface area contributed by atoms with Crippen LogP contribution in [0.5, 0.6) is 0 Å². The van der Waals surface area contributed by atoms with E-state index in [0.29, 0.717) is 18.9 Å². The van der Waals surface area contributed by atoms with Crippen molar-refractivity contribution in [2.45, 2.75) is 31.8 Å². The van der Waals surface area contributed by atoms with Gasteiger partial charge < -0.3 is 20.5 Å². The van der Waals surface area contributed by atoms with Gasteiger partial charge in [0.15, 0.2) is 0 Å². The van der Waals surface area contributed by atoms with Gasteiger partial charge in [-0.15, -0.1) is 12.4 Å². The molecule has 27 heavy (non-hydrogen) atoms. The summed E-state index contributed by atoms with van der Waals surface area (Å²) in [4.78, 5) is 19.4. The summed E-state index contributed by atoms with van der Waals surface area (Å²) in [5.74, 6) is 0.413. The van der Waals surface area contributed by atoms with Gasteiger partial charge in [0.05, 0.1) is 10.6 Å². The van der Waals surface area contributed by atoms with Crippen LogP contribution in [0, 0.1) is 0 Å². The van der Waals surface area contributed by atoms with Crippen LogP contribution in [0.15, 0.2) is 34.9 Å². The molecule has 1 unspecified atom stereocenters. The van der Waals surface area contributed by atoms with Gasteiger partial charge in [0.25, 0.3) is 0 Å². The van der Waals surface area contributed by atoms with Crippen LogP contribution in [-0.4, -0.2) is 40.3 Å². The minimum Gasteiger partial charge on any atom is -0.481 e. The number of hydrogen-bond acceptors (Lipinski definition) is 6. The number of carboxylic acids is 1.